The van der Waals surface area contributed by atoms with Crippen LogP contribution in [0, 0.1) is 0 Å². The minimum atomic E-state index is 0.0336. The van der Waals surface area contributed by atoms with Gasteiger partial charge < -0.3 is 0 Å². The van der Waals surface area contributed by atoms with Gasteiger partial charge in [-0.05, 0) is 19.3 Å². The second kappa shape index (κ2) is 2.18. The van der Waals surface area contributed by atoms with Gasteiger partial charge in [0.1, 0.15) is 6.33 Å². The zero-order chi connectivity index (χ0) is 8.84. The monoisotopic (exact) mass is 176 g/mol. The lowest BCUT2D eigenvalue weighted by molar-refractivity contribution is 0.898. The summed E-state index contributed by atoms with van der Waals surface area (Å²) in [5.41, 5.74) is 1.83. The van der Waals surface area contributed by atoms with Crippen LogP contribution >= 0.6 is 0 Å². The highest BCUT2D eigenvalue weighted by atomic mass is 16.1. The van der Waals surface area contributed by atoms with Crippen LogP contribution < -0.4 is 5.56 Å². The Morgan fingerprint density at radius 3 is 3.31 bits per heavy atom. The average Bonchev–Trinajstić information content (AvgIpc) is 2.71. The number of hydrogen-bond donors (Lipinski definition) is 1. The number of fused-ring (bicyclic) bond motifs is 2. The highest BCUT2D eigenvalue weighted by Crippen LogP contribution is 2.15. The van der Waals surface area contributed by atoms with E-state index in [1.165, 1.54) is 10.7 Å². The second-order valence-electron chi connectivity index (χ2n) is 3.25. The molecule has 2 heterocycles. The molecule has 5 heteroatoms. The van der Waals surface area contributed by atoms with E-state index < -0.39 is 0 Å². The van der Waals surface area contributed by atoms with Gasteiger partial charge in [0.15, 0.2) is 0 Å². The van der Waals surface area contributed by atoms with Crippen LogP contribution in [0.2, 0.25) is 0 Å². The largest absolute Gasteiger partial charge is 0.268 e. The van der Waals surface area contributed by atoms with Gasteiger partial charge in [-0.15, -0.1) is 0 Å². The van der Waals surface area contributed by atoms with Gasteiger partial charge in [0, 0.05) is 5.56 Å². The molecule has 0 saturated carbocycles. The molecule has 2 aromatic heterocycles. The summed E-state index contributed by atoms with van der Waals surface area (Å²) in [4.78, 5) is 16.1. The first-order valence-electron chi connectivity index (χ1n) is 4.30. The molecular weight excluding hydrogens is 168 g/mol. The fourth-order valence-electron chi connectivity index (χ4n) is 1.84. The van der Waals surface area contributed by atoms with E-state index in [1.807, 2.05) is 0 Å². The third kappa shape index (κ3) is 0.783. The zero-order valence-corrected chi connectivity index (χ0v) is 6.95. The van der Waals surface area contributed by atoms with Crippen LogP contribution in [0.5, 0.6) is 0 Å². The zero-order valence-electron chi connectivity index (χ0n) is 6.95. The molecule has 0 bridgehead atoms. The van der Waals surface area contributed by atoms with E-state index in [4.69, 9.17) is 0 Å². The minimum Gasteiger partial charge on any atom is -0.268 e. The van der Waals surface area contributed by atoms with E-state index in [0.717, 1.165) is 30.5 Å². The molecule has 1 aliphatic carbocycles. The molecule has 0 amide bonds. The number of H-pyrrole nitrogens is 1. The molecule has 1 N–H and O–H groups in total. The molecule has 0 aliphatic heterocycles. The first kappa shape index (κ1) is 6.82. The van der Waals surface area contributed by atoms with Crippen LogP contribution in [-0.4, -0.2) is 19.6 Å². The molecule has 0 unspecified atom stereocenters. The Bertz CT molecular complexity index is 524. The predicted molar refractivity (Wildman–Crippen MR) is 45.6 cm³/mol. The lowest BCUT2D eigenvalue weighted by Crippen LogP contribution is -2.18. The molecule has 1 aliphatic rings. The van der Waals surface area contributed by atoms with Crippen LogP contribution in [0.15, 0.2) is 11.1 Å². The van der Waals surface area contributed by atoms with Gasteiger partial charge in [-0.3, -0.25) is 4.79 Å². The fourth-order valence-corrected chi connectivity index (χ4v) is 1.84. The molecule has 0 fully saturated rings. The Morgan fingerprint density at radius 2 is 2.38 bits per heavy atom. The quantitative estimate of drug-likeness (QED) is 0.610. The summed E-state index contributed by atoms with van der Waals surface area (Å²) < 4.78 is 1.46. The summed E-state index contributed by atoms with van der Waals surface area (Å²) in [5.74, 6) is 0.547. The molecule has 66 valence electrons. The summed E-state index contributed by atoms with van der Waals surface area (Å²) in [6.07, 6.45) is 4.29. The van der Waals surface area contributed by atoms with Gasteiger partial charge in [0.05, 0.1) is 5.69 Å². The molecule has 0 aromatic carbocycles. The van der Waals surface area contributed by atoms with Crippen molar-refractivity contribution in [2.24, 2.45) is 0 Å². The molecule has 0 radical (unpaired) electrons. The number of rotatable bonds is 0. The van der Waals surface area contributed by atoms with Crippen LogP contribution in [0.1, 0.15) is 17.7 Å². The maximum Gasteiger partial charge on any atom is 0.263 e. The van der Waals surface area contributed by atoms with Crippen molar-refractivity contribution in [3.05, 3.63) is 27.9 Å². The van der Waals surface area contributed by atoms with E-state index in [-0.39, 0.29) is 5.56 Å². The standard InChI is InChI=1S/C8H8N4O/c13-7-5-2-1-3-6(5)10-8-11-9-4-12(7)8/h4H,1-3H2,(H,10,11). The Morgan fingerprint density at radius 1 is 1.46 bits per heavy atom. The number of hydrogen-bond acceptors (Lipinski definition) is 3. The van der Waals surface area contributed by atoms with Crippen LogP contribution in [0.3, 0.4) is 0 Å². The highest BCUT2D eigenvalue weighted by Gasteiger charge is 2.18. The van der Waals surface area contributed by atoms with Gasteiger partial charge in [-0.1, -0.05) is 0 Å². The van der Waals surface area contributed by atoms with Crippen molar-refractivity contribution in [2.75, 3.05) is 0 Å². The number of nitrogens with zero attached hydrogens (tertiary/aromatic N) is 3. The minimum absolute atomic E-state index is 0.0336. The number of aromatic amines is 1. The number of nitrogens with one attached hydrogen (secondary N) is 1. The Hall–Kier alpha value is -1.65. The van der Waals surface area contributed by atoms with Crippen molar-refractivity contribution in [1.29, 1.82) is 0 Å². The first-order valence-corrected chi connectivity index (χ1v) is 4.30. The molecule has 0 spiro atoms. The maximum absolute atomic E-state index is 11.7. The van der Waals surface area contributed by atoms with Gasteiger partial charge in [0.2, 0.25) is 5.78 Å². The number of aryl methyl sites for hydroxylation is 1. The van der Waals surface area contributed by atoms with Crippen LogP contribution in [-0.2, 0) is 12.8 Å². The molecule has 0 atom stereocenters. The van der Waals surface area contributed by atoms with Crippen molar-refractivity contribution in [3.63, 3.8) is 0 Å². The van der Waals surface area contributed by atoms with Gasteiger partial charge in [0.25, 0.3) is 5.56 Å². The Kier molecular flexibility index (Phi) is 1.15. The van der Waals surface area contributed by atoms with Gasteiger partial charge in [-0.25, -0.2) is 14.5 Å². The van der Waals surface area contributed by atoms with E-state index in [1.54, 1.807) is 0 Å². The smallest absolute Gasteiger partial charge is 0.263 e. The van der Waals surface area contributed by atoms with Crippen molar-refractivity contribution >= 4 is 5.78 Å². The molecular formula is C8H8N4O. The fraction of sp³-hybridized carbons (Fsp3) is 0.375. The second-order valence-corrected chi connectivity index (χ2v) is 3.25. The van der Waals surface area contributed by atoms with E-state index in [2.05, 4.69) is 15.2 Å². The molecule has 3 rings (SSSR count). The Balaban J connectivity index is 2.53. The Labute approximate surface area is 73.4 Å². The van der Waals surface area contributed by atoms with Crippen molar-refractivity contribution in [3.8, 4) is 0 Å². The summed E-state index contributed by atoms with van der Waals surface area (Å²) >= 11 is 0. The average molecular weight is 176 g/mol. The van der Waals surface area contributed by atoms with E-state index in [9.17, 15) is 4.79 Å². The van der Waals surface area contributed by atoms with E-state index >= 15 is 0 Å². The number of aromatic nitrogens is 4. The summed E-state index contributed by atoms with van der Waals surface area (Å²) in [6, 6.07) is 0. The topological polar surface area (TPSA) is 63.0 Å². The summed E-state index contributed by atoms with van der Waals surface area (Å²) in [5, 5.41) is 6.47. The predicted octanol–water partition coefficient (Wildman–Crippen LogP) is -0.0937. The molecule has 0 saturated heterocycles. The van der Waals surface area contributed by atoms with Crippen molar-refractivity contribution in [1.82, 2.24) is 19.6 Å². The lowest BCUT2D eigenvalue weighted by Gasteiger charge is -1.96. The van der Waals surface area contributed by atoms with Crippen molar-refractivity contribution in [2.45, 2.75) is 19.3 Å². The third-order valence-corrected chi connectivity index (χ3v) is 2.47. The first-order chi connectivity index (χ1) is 6.36. The SMILES string of the molecule is O=c1c2c(nc3[nH]ncn13)CCC2. The van der Waals surface area contributed by atoms with Crippen LogP contribution in [0.4, 0.5) is 0 Å². The van der Waals surface area contributed by atoms with Crippen molar-refractivity contribution < 1.29 is 0 Å². The molecule has 5 nitrogen and oxygen atoms in total. The van der Waals surface area contributed by atoms with E-state index in [0.29, 0.717) is 5.78 Å². The maximum atomic E-state index is 11.7. The summed E-state index contributed by atoms with van der Waals surface area (Å²) in [6.45, 7) is 0. The van der Waals surface area contributed by atoms with Gasteiger partial charge >= 0.3 is 0 Å². The lowest BCUT2D eigenvalue weighted by atomic mass is 10.3. The normalized spacial score (nSPS) is 15.1. The third-order valence-electron chi connectivity index (χ3n) is 2.47. The molecule has 13 heavy (non-hydrogen) atoms. The molecule has 2 aromatic rings. The summed E-state index contributed by atoms with van der Waals surface area (Å²) in [7, 11) is 0. The highest BCUT2D eigenvalue weighted by molar-refractivity contribution is 5.33. The van der Waals surface area contributed by atoms with Crippen LogP contribution in [0.25, 0.3) is 5.78 Å². The van der Waals surface area contributed by atoms with Gasteiger partial charge in [-0.2, -0.15) is 5.10 Å².